The number of nitrogens with zero attached hydrogens (tertiary/aromatic N) is 2. The van der Waals surface area contributed by atoms with Crippen LogP contribution in [0.1, 0.15) is 21.7 Å². The van der Waals surface area contributed by atoms with E-state index in [0.29, 0.717) is 11.3 Å². The second-order valence-electron chi connectivity index (χ2n) is 5.15. The predicted molar refractivity (Wildman–Crippen MR) is 84.4 cm³/mol. The van der Waals surface area contributed by atoms with Crippen LogP contribution in [0.4, 0.5) is 5.69 Å². The molecule has 0 saturated carbocycles. The molecule has 0 aliphatic heterocycles. The molecule has 1 aromatic heterocycles. The Bertz CT molecular complexity index is 764. The van der Waals surface area contributed by atoms with Crippen molar-refractivity contribution in [1.82, 2.24) is 4.57 Å². The number of methoxy groups -OCH3 is 1. The lowest BCUT2D eigenvalue weighted by atomic mass is 10.1. The lowest BCUT2D eigenvalue weighted by molar-refractivity contribution is -0.385. The molecule has 2 rings (SSSR count). The number of aryl methyl sites for hydroxylation is 1. The molecular formula is C16H18N2O5. The maximum absolute atomic E-state index is 12.3. The van der Waals surface area contributed by atoms with Crippen LogP contribution in [0.3, 0.4) is 0 Å². The second kappa shape index (κ2) is 6.51. The highest BCUT2D eigenvalue weighted by atomic mass is 16.6. The fourth-order valence-electron chi connectivity index (χ4n) is 2.25. The fourth-order valence-corrected chi connectivity index (χ4v) is 2.25. The van der Waals surface area contributed by atoms with Crippen molar-refractivity contribution in [3.8, 4) is 11.5 Å². The summed E-state index contributed by atoms with van der Waals surface area (Å²) in [7, 11) is 3.31. The Kier molecular flexibility index (Phi) is 4.68. The molecule has 0 unspecified atom stereocenters. The minimum absolute atomic E-state index is 0.125. The number of carbonyl (C=O) groups excluding carboxylic acids is 1. The number of ether oxygens (including phenoxy) is 2. The maximum atomic E-state index is 12.3. The Labute approximate surface area is 133 Å². The van der Waals surface area contributed by atoms with E-state index in [1.165, 1.54) is 25.3 Å². The summed E-state index contributed by atoms with van der Waals surface area (Å²) in [5, 5.41) is 10.8. The van der Waals surface area contributed by atoms with Crippen LogP contribution in [-0.2, 0) is 7.05 Å². The van der Waals surface area contributed by atoms with Gasteiger partial charge in [0.15, 0.2) is 18.1 Å². The summed E-state index contributed by atoms with van der Waals surface area (Å²) in [5.74, 6) is 0.310. The summed E-state index contributed by atoms with van der Waals surface area (Å²) in [6.45, 7) is 3.55. The normalized spacial score (nSPS) is 10.4. The largest absolute Gasteiger partial charge is 0.493 e. The molecule has 0 N–H and O–H groups in total. The predicted octanol–water partition coefficient (Wildman–Crippen LogP) is 2.82. The number of Topliss-reactive ketones (excluding diaryl/α,β-unsaturated/α-hetero) is 1. The van der Waals surface area contributed by atoms with Gasteiger partial charge in [-0.2, -0.15) is 0 Å². The number of non-ortho nitro benzene ring substituents is 1. The van der Waals surface area contributed by atoms with Crippen LogP contribution >= 0.6 is 0 Å². The van der Waals surface area contributed by atoms with E-state index in [-0.39, 0.29) is 23.8 Å². The summed E-state index contributed by atoms with van der Waals surface area (Å²) in [6, 6.07) is 5.80. The van der Waals surface area contributed by atoms with Crippen LogP contribution in [-0.4, -0.2) is 29.0 Å². The molecule has 0 bridgehead atoms. The van der Waals surface area contributed by atoms with Gasteiger partial charge in [0.25, 0.3) is 5.69 Å². The van der Waals surface area contributed by atoms with E-state index in [0.717, 1.165) is 11.4 Å². The van der Waals surface area contributed by atoms with Gasteiger partial charge in [-0.15, -0.1) is 0 Å². The van der Waals surface area contributed by atoms with Crippen LogP contribution in [0, 0.1) is 24.0 Å². The second-order valence-corrected chi connectivity index (χ2v) is 5.15. The molecule has 7 heteroatoms. The summed E-state index contributed by atoms with van der Waals surface area (Å²) in [5.41, 5.74) is 2.27. The Morgan fingerprint density at radius 3 is 2.48 bits per heavy atom. The summed E-state index contributed by atoms with van der Waals surface area (Å²) >= 11 is 0. The Morgan fingerprint density at radius 2 is 1.96 bits per heavy atom. The Hall–Kier alpha value is -2.83. The van der Waals surface area contributed by atoms with Crippen molar-refractivity contribution in [2.45, 2.75) is 13.8 Å². The number of nitro groups is 1. The number of aromatic nitrogens is 1. The zero-order valence-corrected chi connectivity index (χ0v) is 13.5. The van der Waals surface area contributed by atoms with Gasteiger partial charge in [0.2, 0.25) is 5.78 Å². The van der Waals surface area contributed by atoms with Crippen LogP contribution < -0.4 is 9.47 Å². The molecule has 23 heavy (non-hydrogen) atoms. The van der Waals surface area contributed by atoms with Crippen LogP contribution in [0.15, 0.2) is 24.3 Å². The molecule has 0 atom stereocenters. The van der Waals surface area contributed by atoms with E-state index in [1.54, 1.807) is 6.07 Å². The third-order valence-electron chi connectivity index (χ3n) is 3.79. The Balaban J connectivity index is 2.19. The van der Waals surface area contributed by atoms with Gasteiger partial charge in [0.05, 0.1) is 18.1 Å². The molecular weight excluding hydrogens is 300 g/mol. The summed E-state index contributed by atoms with van der Waals surface area (Å²) in [4.78, 5) is 22.6. The van der Waals surface area contributed by atoms with Gasteiger partial charge in [-0.3, -0.25) is 14.9 Å². The third kappa shape index (κ3) is 3.33. The molecule has 0 amide bonds. The van der Waals surface area contributed by atoms with Crippen molar-refractivity contribution in [3.63, 3.8) is 0 Å². The molecule has 7 nitrogen and oxygen atoms in total. The Morgan fingerprint density at radius 1 is 1.26 bits per heavy atom. The molecule has 0 radical (unpaired) electrons. The van der Waals surface area contributed by atoms with Crippen LogP contribution in [0.25, 0.3) is 0 Å². The van der Waals surface area contributed by atoms with Crippen molar-refractivity contribution >= 4 is 11.5 Å². The standard InChI is InChI=1S/C16H18N2O5/c1-10-7-13(11(2)17(10)3)14(19)9-23-16-8-12(18(20)21)5-6-15(16)22-4/h5-8H,9H2,1-4H3. The van der Waals surface area contributed by atoms with Gasteiger partial charge >= 0.3 is 0 Å². The smallest absolute Gasteiger partial charge is 0.273 e. The van der Waals surface area contributed by atoms with E-state index in [1.807, 2.05) is 25.5 Å². The van der Waals surface area contributed by atoms with Gasteiger partial charge in [-0.1, -0.05) is 0 Å². The molecule has 0 aliphatic rings. The van der Waals surface area contributed by atoms with Crippen molar-refractivity contribution < 1.29 is 19.2 Å². The zero-order valence-electron chi connectivity index (χ0n) is 13.5. The van der Waals surface area contributed by atoms with E-state index >= 15 is 0 Å². The minimum Gasteiger partial charge on any atom is -0.493 e. The molecule has 122 valence electrons. The average Bonchev–Trinajstić information content (AvgIpc) is 2.79. The highest BCUT2D eigenvalue weighted by Crippen LogP contribution is 2.31. The minimum atomic E-state index is -0.529. The van der Waals surface area contributed by atoms with Gasteiger partial charge in [0, 0.05) is 30.1 Å². The van der Waals surface area contributed by atoms with Crippen molar-refractivity contribution in [2.75, 3.05) is 13.7 Å². The van der Waals surface area contributed by atoms with Gasteiger partial charge < -0.3 is 14.0 Å². The lowest BCUT2D eigenvalue weighted by Crippen LogP contribution is -2.13. The number of benzene rings is 1. The number of hydrogen-bond donors (Lipinski definition) is 0. The number of ketones is 1. The highest BCUT2D eigenvalue weighted by molar-refractivity contribution is 5.98. The van der Waals surface area contributed by atoms with Gasteiger partial charge in [-0.05, 0) is 26.0 Å². The first kappa shape index (κ1) is 16.5. The molecule has 0 fully saturated rings. The zero-order chi connectivity index (χ0) is 17.1. The SMILES string of the molecule is COc1ccc([N+](=O)[O-])cc1OCC(=O)c1cc(C)n(C)c1C. The van der Waals surface area contributed by atoms with Gasteiger partial charge in [0.1, 0.15) is 0 Å². The number of rotatable bonds is 6. The molecule has 0 saturated heterocycles. The molecule has 0 spiro atoms. The van der Waals surface area contributed by atoms with E-state index < -0.39 is 4.92 Å². The highest BCUT2D eigenvalue weighted by Gasteiger charge is 2.17. The summed E-state index contributed by atoms with van der Waals surface area (Å²) in [6.07, 6.45) is 0. The van der Waals surface area contributed by atoms with Crippen LogP contribution in [0.5, 0.6) is 11.5 Å². The summed E-state index contributed by atoms with van der Waals surface area (Å²) < 4.78 is 12.5. The van der Waals surface area contributed by atoms with E-state index in [4.69, 9.17) is 9.47 Å². The number of nitro benzene ring substituents is 1. The van der Waals surface area contributed by atoms with Crippen LogP contribution in [0.2, 0.25) is 0 Å². The van der Waals surface area contributed by atoms with Crippen molar-refractivity contribution in [3.05, 3.63) is 51.3 Å². The quantitative estimate of drug-likeness (QED) is 0.464. The fraction of sp³-hybridized carbons (Fsp3) is 0.312. The average molecular weight is 318 g/mol. The van der Waals surface area contributed by atoms with Crippen molar-refractivity contribution in [2.24, 2.45) is 7.05 Å². The lowest BCUT2D eigenvalue weighted by Gasteiger charge is -2.10. The van der Waals surface area contributed by atoms with E-state index in [2.05, 4.69) is 0 Å². The molecule has 1 aromatic carbocycles. The first-order valence-electron chi connectivity index (χ1n) is 6.96. The first-order chi connectivity index (χ1) is 10.8. The molecule has 0 aliphatic carbocycles. The molecule has 2 aromatic rings. The number of hydrogen-bond acceptors (Lipinski definition) is 5. The maximum Gasteiger partial charge on any atom is 0.273 e. The monoisotopic (exact) mass is 318 g/mol. The molecule has 1 heterocycles. The third-order valence-corrected chi connectivity index (χ3v) is 3.79. The van der Waals surface area contributed by atoms with Gasteiger partial charge in [-0.25, -0.2) is 0 Å². The number of carbonyl (C=O) groups is 1. The van der Waals surface area contributed by atoms with Crippen molar-refractivity contribution in [1.29, 1.82) is 0 Å². The van der Waals surface area contributed by atoms with E-state index in [9.17, 15) is 14.9 Å². The first-order valence-corrected chi connectivity index (χ1v) is 6.96. The topological polar surface area (TPSA) is 83.6 Å².